The third-order valence-electron chi connectivity index (χ3n) is 13.5. The van der Waals surface area contributed by atoms with E-state index in [1.54, 1.807) is 0 Å². The number of benzene rings is 11. The van der Waals surface area contributed by atoms with E-state index in [-0.39, 0.29) is 0 Å². The Hall–Kier alpha value is -8.20. The molecule has 13 rings (SSSR count). The van der Waals surface area contributed by atoms with Gasteiger partial charge in [0.2, 0.25) is 0 Å². The van der Waals surface area contributed by atoms with Crippen molar-refractivity contribution in [2.75, 3.05) is 4.90 Å². The molecule has 1 aliphatic carbocycles. The third-order valence-corrected chi connectivity index (χ3v) is 13.5. The Bertz CT molecular complexity index is 3690. The van der Waals surface area contributed by atoms with Gasteiger partial charge in [0.25, 0.3) is 0 Å². The van der Waals surface area contributed by atoms with Gasteiger partial charge in [-0.05, 0) is 108 Å². The molecule has 0 aliphatic heterocycles. The van der Waals surface area contributed by atoms with Gasteiger partial charge in [-0.15, -0.1) is 0 Å². The molecule has 11 aromatic carbocycles. The van der Waals surface area contributed by atoms with Crippen LogP contribution in [0.3, 0.4) is 0 Å². The second-order valence-corrected chi connectivity index (χ2v) is 16.8. The minimum Gasteiger partial charge on any atom is -0.455 e. The highest BCUT2D eigenvalue weighted by atomic mass is 16.3. The van der Waals surface area contributed by atoms with Crippen molar-refractivity contribution in [3.8, 4) is 22.3 Å². The van der Waals surface area contributed by atoms with Gasteiger partial charge in [0, 0.05) is 39.2 Å². The van der Waals surface area contributed by atoms with Crippen LogP contribution in [0.25, 0.3) is 76.5 Å². The molecule has 12 aromatic rings. The quantitative estimate of drug-likeness (QED) is 0.156. The molecule has 0 N–H and O–H groups in total. The minimum atomic E-state index is -0.523. The standard InChI is InChI=1S/C61H39NO/c1-3-16-45(17-4-1)61(46-18-5-2-6-19-46)55-23-12-11-22-54(55)59-56(61)24-13-25-57(59)62(48-34-37-52-53-36-30-42-15-8-10-21-51(42)60(53)63-58(52)39-48)47-32-28-40(29-33-47)43-31-35-50-44(38-43)27-26-41-14-7-9-20-49(41)50/h1-39H. The maximum Gasteiger partial charge on any atom is 0.143 e. The summed E-state index contributed by atoms with van der Waals surface area (Å²) in [6.07, 6.45) is 0. The van der Waals surface area contributed by atoms with E-state index in [4.69, 9.17) is 4.42 Å². The lowest BCUT2D eigenvalue weighted by Crippen LogP contribution is -2.28. The summed E-state index contributed by atoms with van der Waals surface area (Å²) in [7, 11) is 0. The molecule has 0 bridgehead atoms. The van der Waals surface area contributed by atoms with Crippen molar-refractivity contribution in [1.82, 2.24) is 0 Å². The Morgan fingerprint density at radius 3 is 1.71 bits per heavy atom. The fraction of sp³-hybridized carbons (Fsp3) is 0.0164. The van der Waals surface area contributed by atoms with Crippen LogP contribution in [-0.4, -0.2) is 0 Å². The first kappa shape index (κ1) is 35.5. The highest BCUT2D eigenvalue weighted by Crippen LogP contribution is 2.59. The first-order valence-electron chi connectivity index (χ1n) is 21.7. The molecule has 1 heterocycles. The fourth-order valence-corrected chi connectivity index (χ4v) is 10.7. The van der Waals surface area contributed by atoms with Crippen LogP contribution < -0.4 is 4.90 Å². The van der Waals surface area contributed by atoms with Gasteiger partial charge < -0.3 is 9.32 Å². The zero-order valence-electron chi connectivity index (χ0n) is 34.4. The molecule has 0 atom stereocenters. The molecule has 2 heteroatoms. The number of rotatable bonds is 6. The third kappa shape index (κ3) is 5.32. The summed E-state index contributed by atoms with van der Waals surface area (Å²) in [5.41, 5.74) is 14.3. The molecule has 0 saturated heterocycles. The van der Waals surface area contributed by atoms with Crippen LogP contribution in [0, 0.1) is 0 Å². The van der Waals surface area contributed by atoms with Crippen molar-refractivity contribution in [1.29, 1.82) is 0 Å². The molecule has 294 valence electrons. The summed E-state index contributed by atoms with van der Waals surface area (Å²) in [4.78, 5) is 2.43. The normalized spacial score (nSPS) is 12.9. The molecule has 0 radical (unpaired) electrons. The molecule has 0 saturated carbocycles. The van der Waals surface area contributed by atoms with Crippen LogP contribution in [0.15, 0.2) is 241 Å². The molecule has 0 spiro atoms. The molecule has 0 unspecified atom stereocenters. The summed E-state index contributed by atoms with van der Waals surface area (Å²) >= 11 is 0. The highest BCUT2D eigenvalue weighted by molar-refractivity contribution is 6.15. The molecular formula is C61H39NO. The largest absolute Gasteiger partial charge is 0.455 e. The van der Waals surface area contributed by atoms with E-state index < -0.39 is 5.41 Å². The smallest absolute Gasteiger partial charge is 0.143 e. The number of nitrogens with zero attached hydrogens (tertiary/aromatic N) is 1. The van der Waals surface area contributed by atoms with Crippen LogP contribution in [0.4, 0.5) is 17.1 Å². The topological polar surface area (TPSA) is 16.4 Å². The van der Waals surface area contributed by atoms with Gasteiger partial charge in [-0.2, -0.15) is 0 Å². The zero-order chi connectivity index (χ0) is 41.5. The lowest BCUT2D eigenvalue weighted by Gasteiger charge is -2.34. The van der Waals surface area contributed by atoms with Gasteiger partial charge in [0.05, 0.1) is 11.1 Å². The number of furan rings is 1. The van der Waals surface area contributed by atoms with Crippen LogP contribution in [0.1, 0.15) is 22.3 Å². The van der Waals surface area contributed by atoms with Crippen molar-refractivity contribution in [2.24, 2.45) is 0 Å². The predicted molar refractivity (Wildman–Crippen MR) is 264 cm³/mol. The zero-order valence-corrected chi connectivity index (χ0v) is 34.4. The van der Waals surface area contributed by atoms with Crippen LogP contribution in [0.2, 0.25) is 0 Å². The summed E-state index contributed by atoms with van der Waals surface area (Å²) < 4.78 is 6.84. The molecule has 1 aromatic heterocycles. The monoisotopic (exact) mass is 801 g/mol. The van der Waals surface area contributed by atoms with E-state index in [2.05, 4.69) is 241 Å². The van der Waals surface area contributed by atoms with Gasteiger partial charge in [-0.1, -0.05) is 188 Å². The van der Waals surface area contributed by atoms with E-state index in [9.17, 15) is 0 Å². The number of anilines is 3. The second kappa shape index (κ2) is 13.9. The number of fused-ring (bicyclic) bond motifs is 11. The van der Waals surface area contributed by atoms with Crippen molar-refractivity contribution in [2.45, 2.75) is 5.41 Å². The van der Waals surface area contributed by atoms with Crippen molar-refractivity contribution >= 4 is 71.3 Å². The second-order valence-electron chi connectivity index (χ2n) is 16.8. The number of hydrogen-bond acceptors (Lipinski definition) is 2. The minimum absolute atomic E-state index is 0.523. The lowest BCUT2D eigenvalue weighted by atomic mass is 9.68. The van der Waals surface area contributed by atoms with Crippen molar-refractivity contribution in [3.05, 3.63) is 259 Å². The van der Waals surface area contributed by atoms with Crippen molar-refractivity contribution in [3.63, 3.8) is 0 Å². The van der Waals surface area contributed by atoms with Crippen LogP contribution >= 0.6 is 0 Å². The van der Waals surface area contributed by atoms with Gasteiger partial charge in [0.15, 0.2) is 0 Å². The summed E-state index contributed by atoms with van der Waals surface area (Å²) in [5, 5.41) is 9.58. The van der Waals surface area contributed by atoms with E-state index in [1.165, 1.54) is 71.4 Å². The molecule has 2 nitrogen and oxygen atoms in total. The maximum absolute atomic E-state index is 6.84. The Balaban J connectivity index is 1.03. The predicted octanol–water partition coefficient (Wildman–Crippen LogP) is 16.5. The van der Waals surface area contributed by atoms with Crippen LogP contribution in [-0.2, 0) is 5.41 Å². The summed E-state index contributed by atoms with van der Waals surface area (Å²) in [6.45, 7) is 0. The van der Waals surface area contributed by atoms with E-state index >= 15 is 0 Å². The summed E-state index contributed by atoms with van der Waals surface area (Å²) in [6, 6.07) is 86.6. The fourth-order valence-electron chi connectivity index (χ4n) is 10.7. The Kier molecular flexibility index (Phi) is 7.85. The Morgan fingerprint density at radius 1 is 0.349 bits per heavy atom. The van der Waals surface area contributed by atoms with Gasteiger partial charge in [0.1, 0.15) is 11.2 Å². The first-order chi connectivity index (χ1) is 31.2. The van der Waals surface area contributed by atoms with Gasteiger partial charge in [-0.3, -0.25) is 0 Å². The Labute approximate surface area is 365 Å². The van der Waals surface area contributed by atoms with E-state index in [0.29, 0.717) is 0 Å². The highest BCUT2D eigenvalue weighted by Gasteiger charge is 2.47. The van der Waals surface area contributed by atoms with Crippen molar-refractivity contribution < 1.29 is 4.42 Å². The summed E-state index contributed by atoms with van der Waals surface area (Å²) in [5.74, 6) is 0. The average molecular weight is 802 g/mol. The first-order valence-corrected chi connectivity index (χ1v) is 21.7. The average Bonchev–Trinajstić information content (AvgIpc) is 3.89. The van der Waals surface area contributed by atoms with E-state index in [1.807, 2.05) is 0 Å². The SMILES string of the molecule is c1ccc(C2(c3ccccc3)c3ccccc3-c3c(N(c4ccc(-c5ccc6c(ccc7ccccc76)c5)cc4)c4ccc5c(c4)oc4c6ccccc6ccc54)cccc32)cc1. The molecule has 0 amide bonds. The molecule has 1 aliphatic rings. The Morgan fingerprint density at radius 2 is 0.921 bits per heavy atom. The maximum atomic E-state index is 6.84. The van der Waals surface area contributed by atoms with E-state index in [0.717, 1.165) is 44.4 Å². The van der Waals surface area contributed by atoms with Gasteiger partial charge in [-0.25, -0.2) is 0 Å². The molecular weight excluding hydrogens is 763 g/mol. The van der Waals surface area contributed by atoms with Crippen LogP contribution in [0.5, 0.6) is 0 Å². The molecule has 63 heavy (non-hydrogen) atoms. The lowest BCUT2D eigenvalue weighted by molar-refractivity contribution is 0.672. The number of hydrogen-bond donors (Lipinski definition) is 0. The molecule has 0 fully saturated rings. The van der Waals surface area contributed by atoms with Gasteiger partial charge >= 0.3 is 0 Å².